The molecule has 0 aliphatic rings. The summed E-state index contributed by atoms with van der Waals surface area (Å²) in [5, 5.41) is 15.5. The Labute approximate surface area is 216 Å². The number of hydrogen-bond donors (Lipinski definition) is 0. The number of rotatable bonds is 2. The summed E-state index contributed by atoms with van der Waals surface area (Å²) in [5.41, 5.74) is 1.73. The van der Waals surface area contributed by atoms with Crippen LogP contribution < -0.4 is 0 Å². The van der Waals surface area contributed by atoms with Crippen molar-refractivity contribution in [3.05, 3.63) is 98.1 Å². The van der Waals surface area contributed by atoms with Gasteiger partial charge in [-0.2, -0.15) is 15.0 Å². The van der Waals surface area contributed by atoms with Gasteiger partial charge in [-0.1, -0.05) is 5.21 Å². The Bertz CT molecular complexity index is 1140. The van der Waals surface area contributed by atoms with Crippen molar-refractivity contribution in [3.8, 4) is 11.4 Å². The van der Waals surface area contributed by atoms with Crippen LogP contribution in [0.15, 0.2) is 98.1 Å². The molecule has 5 heterocycles. The van der Waals surface area contributed by atoms with Gasteiger partial charge in [0.1, 0.15) is 5.69 Å². The zero-order chi connectivity index (χ0) is 22.8. The predicted octanol–water partition coefficient (Wildman–Crippen LogP) is 5.46. The highest BCUT2D eigenvalue weighted by molar-refractivity contribution is 9.11. The summed E-state index contributed by atoms with van der Waals surface area (Å²) in [6.45, 7) is 0. The van der Waals surface area contributed by atoms with Gasteiger partial charge in [-0.15, -0.1) is 5.10 Å². The number of nitrogens with zero attached hydrogens (tertiary/aromatic N) is 9. The molecule has 5 rings (SSSR count). The van der Waals surface area contributed by atoms with E-state index in [1.165, 1.54) is 4.80 Å². The third-order valence-electron chi connectivity index (χ3n) is 3.39. The SMILES string of the molecule is Brc1cncc(-n2ccnn2)c1.Brc1cncc(-n2nccn2)c1.Brc1cncc(Br)c1. The minimum atomic E-state index is 0.842. The average molecular weight is 687 g/mol. The molecular weight excluding hydrogens is 674 g/mol. The smallest absolute Gasteiger partial charge is 0.105 e. The van der Waals surface area contributed by atoms with Crippen LogP contribution in [0.4, 0.5) is 0 Å². The highest BCUT2D eigenvalue weighted by atomic mass is 79.9. The van der Waals surface area contributed by atoms with Crippen LogP contribution in [-0.4, -0.2) is 44.9 Å². The molecule has 5 aromatic rings. The van der Waals surface area contributed by atoms with E-state index in [4.69, 9.17) is 0 Å². The van der Waals surface area contributed by atoms with E-state index in [2.05, 4.69) is 99.2 Å². The van der Waals surface area contributed by atoms with Crippen molar-refractivity contribution in [2.75, 3.05) is 0 Å². The first-order chi connectivity index (χ1) is 15.5. The highest BCUT2D eigenvalue weighted by Gasteiger charge is 1.98. The van der Waals surface area contributed by atoms with E-state index in [-0.39, 0.29) is 0 Å². The van der Waals surface area contributed by atoms with Crippen LogP contribution in [0.3, 0.4) is 0 Å². The zero-order valence-electron chi connectivity index (χ0n) is 16.0. The zero-order valence-corrected chi connectivity index (χ0v) is 22.4. The lowest BCUT2D eigenvalue weighted by Crippen LogP contribution is -1.98. The average Bonchev–Trinajstić information content (AvgIpc) is 3.49. The molecule has 0 spiro atoms. The van der Waals surface area contributed by atoms with Crippen molar-refractivity contribution in [3.63, 3.8) is 0 Å². The minimum Gasteiger partial charge on any atom is -0.262 e. The number of hydrogen-bond acceptors (Lipinski definition) is 7. The van der Waals surface area contributed by atoms with Crippen LogP contribution in [0.1, 0.15) is 0 Å². The first-order valence-electron chi connectivity index (χ1n) is 8.72. The van der Waals surface area contributed by atoms with Gasteiger partial charge in [0, 0.05) is 42.7 Å². The van der Waals surface area contributed by atoms with E-state index in [9.17, 15) is 0 Å². The Morgan fingerprint density at radius 2 is 1.06 bits per heavy atom. The summed E-state index contributed by atoms with van der Waals surface area (Å²) < 4.78 is 5.48. The molecule has 0 aromatic carbocycles. The van der Waals surface area contributed by atoms with Gasteiger partial charge < -0.3 is 0 Å². The summed E-state index contributed by atoms with van der Waals surface area (Å²) >= 11 is 13.2. The second-order valence-corrected chi connectivity index (χ2v) is 9.37. The lowest BCUT2D eigenvalue weighted by atomic mass is 10.4. The highest BCUT2D eigenvalue weighted by Crippen LogP contribution is 2.14. The summed E-state index contributed by atoms with van der Waals surface area (Å²) in [7, 11) is 0. The molecule has 0 unspecified atom stereocenters. The maximum Gasteiger partial charge on any atom is 0.105 e. The summed E-state index contributed by atoms with van der Waals surface area (Å²) in [6, 6.07) is 5.75. The standard InChI is InChI=1S/2C7H5BrN4.C5H3Br2N/c8-6-3-7(5-9-4-6)12-2-1-10-11-12;8-6-3-7(5-9-4-6)12-10-1-2-11-12;6-4-1-5(7)3-8-2-4/h2*1-5H;1-3H. The van der Waals surface area contributed by atoms with Crippen molar-refractivity contribution < 1.29 is 0 Å². The van der Waals surface area contributed by atoms with Gasteiger partial charge in [0.2, 0.25) is 0 Å². The van der Waals surface area contributed by atoms with Crippen LogP contribution in [0.5, 0.6) is 0 Å². The van der Waals surface area contributed by atoms with Crippen molar-refractivity contribution in [1.29, 1.82) is 0 Å². The van der Waals surface area contributed by atoms with Gasteiger partial charge in [-0.25, -0.2) is 4.68 Å². The molecule has 0 bridgehead atoms. The van der Waals surface area contributed by atoms with E-state index in [1.54, 1.807) is 66.7 Å². The topological polar surface area (TPSA) is 100 Å². The molecule has 0 radical (unpaired) electrons. The molecule has 32 heavy (non-hydrogen) atoms. The third kappa shape index (κ3) is 7.97. The first-order valence-corrected chi connectivity index (χ1v) is 11.9. The number of pyridine rings is 3. The minimum absolute atomic E-state index is 0.842. The maximum absolute atomic E-state index is 4.00. The molecular formula is C19H13Br4N9. The van der Waals surface area contributed by atoms with Crippen LogP contribution >= 0.6 is 63.7 Å². The molecule has 5 aromatic heterocycles. The molecule has 0 aliphatic carbocycles. The Hall–Kier alpha value is -2.35. The van der Waals surface area contributed by atoms with E-state index in [1.807, 2.05) is 18.2 Å². The van der Waals surface area contributed by atoms with Crippen LogP contribution in [-0.2, 0) is 0 Å². The van der Waals surface area contributed by atoms with E-state index in [0.29, 0.717) is 0 Å². The molecule has 0 fully saturated rings. The van der Waals surface area contributed by atoms with Gasteiger partial charge in [0.25, 0.3) is 0 Å². The van der Waals surface area contributed by atoms with Crippen molar-refractivity contribution >= 4 is 63.7 Å². The van der Waals surface area contributed by atoms with E-state index < -0.39 is 0 Å². The molecule has 0 saturated heterocycles. The summed E-state index contributed by atoms with van der Waals surface area (Å²) in [6.07, 6.45) is 17.0. The Morgan fingerprint density at radius 1 is 0.562 bits per heavy atom. The monoisotopic (exact) mass is 683 g/mol. The number of halogens is 4. The molecule has 0 amide bonds. The normalized spacial score (nSPS) is 9.88. The van der Waals surface area contributed by atoms with Crippen LogP contribution in [0.25, 0.3) is 11.4 Å². The molecule has 162 valence electrons. The molecule has 0 saturated carbocycles. The maximum atomic E-state index is 4.00. The first kappa shape index (κ1) is 24.3. The van der Waals surface area contributed by atoms with Gasteiger partial charge in [0.15, 0.2) is 0 Å². The lowest BCUT2D eigenvalue weighted by Gasteiger charge is -1.97. The van der Waals surface area contributed by atoms with Crippen LogP contribution in [0.2, 0.25) is 0 Å². The lowest BCUT2D eigenvalue weighted by molar-refractivity contribution is 0.747. The Kier molecular flexibility index (Phi) is 9.59. The molecule has 0 N–H and O–H groups in total. The fourth-order valence-electron chi connectivity index (χ4n) is 2.12. The molecule has 0 atom stereocenters. The fraction of sp³-hybridized carbons (Fsp3) is 0. The molecule has 13 heteroatoms. The number of aromatic nitrogens is 9. The summed E-state index contributed by atoms with van der Waals surface area (Å²) in [5.74, 6) is 0. The van der Waals surface area contributed by atoms with Crippen molar-refractivity contribution in [2.45, 2.75) is 0 Å². The van der Waals surface area contributed by atoms with Crippen molar-refractivity contribution in [2.24, 2.45) is 0 Å². The van der Waals surface area contributed by atoms with Gasteiger partial charge in [-0.05, 0) is 81.9 Å². The van der Waals surface area contributed by atoms with Crippen molar-refractivity contribution in [1.82, 2.24) is 44.9 Å². The second kappa shape index (κ2) is 12.6. The molecule has 0 aliphatic heterocycles. The van der Waals surface area contributed by atoms with Crippen LogP contribution in [0, 0.1) is 0 Å². The third-order valence-corrected chi connectivity index (χ3v) is 5.12. The molecule has 9 nitrogen and oxygen atoms in total. The Morgan fingerprint density at radius 3 is 1.53 bits per heavy atom. The fourth-order valence-corrected chi connectivity index (χ4v) is 3.86. The van der Waals surface area contributed by atoms with E-state index in [0.717, 1.165) is 29.3 Å². The summed E-state index contributed by atoms with van der Waals surface area (Å²) in [4.78, 5) is 13.4. The van der Waals surface area contributed by atoms with Gasteiger partial charge in [0.05, 0.1) is 42.9 Å². The Balaban J connectivity index is 0.000000139. The second-order valence-electron chi connectivity index (χ2n) is 5.71. The quantitative estimate of drug-likeness (QED) is 0.243. The largest absolute Gasteiger partial charge is 0.262 e. The van der Waals surface area contributed by atoms with E-state index >= 15 is 0 Å². The van der Waals surface area contributed by atoms with Gasteiger partial charge >= 0.3 is 0 Å². The van der Waals surface area contributed by atoms with Gasteiger partial charge in [-0.3, -0.25) is 15.0 Å². The predicted molar refractivity (Wildman–Crippen MR) is 133 cm³/mol.